The quantitative estimate of drug-likeness (QED) is 0.758. The van der Waals surface area contributed by atoms with Crippen LogP contribution in [0.15, 0.2) is 24.4 Å². The van der Waals surface area contributed by atoms with E-state index in [0.717, 1.165) is 28.3 Å². The molecule has 0 atom stereocenters. The van der Waals surface area contributed by atoms with E-state index >= 15 is 0 Å². The van der Waals surface area contributed by atoms with Gasteiger partial charge in [0.2, 0.25) is 0 Å². The minimum absolute atomic E-state index is 0.753. The molecular formula is C12H16N4. The van der Waals surface area contributed by atoms with E-state index in [0.29, 0.717) is 0 Å². The van der Waals surface area contributed by atoms with Crippen LogP contribution in [0.3, 0.4) is 0 Å². The van der Waals surface area contributed by atoms with Crippen LogP contribution in [0, 0.1) is 13.8 Å². The number of nitrogens with zero attached hydrogens (tertiary/aromatic N) is 2. The molecule has 1 aromatic heterocycles. The summed E-state index contributed by atoms with van der Waals surface area (Å²) in [6, 6.07) is 5.87. The average Bonchev–Trinajstić information content (AvgIpc) is 2.51. The highest BCUT2D eigenvalue weighted by atomic mass is 15.3. The van der Waals surface area contributed by atoms with Gasteiger partial charge >= 0.3 is 0 Å². The second-order valence-electron chi connectivity index (χ2n) is 3.97. The van der Waals surface area contributed by atoms with E-state index in [1.54, 1.807) is 4.68 Å². The van der Waals surface area contributed by atoms with E-state index in [2.05, 4.69) is 10.4 Å². The summed E-state index contributed by atoms with van der Waals surface area (Å²) < 4.78 is 1.78. The Kier molecular flexibility index (Phi) is 2.56. The first-order valence-corrected chi connectivity index (χ1v) is 5.20. The Morgan fingerprint density at radius 2 is 2.06 bits per heavy atom. The molecule has 4 heteroatoms. The third-order valence-corrected chi connectivity index (χ3v) is 2.58. The summed E-state index contributed by atoms with van der Waals surface area (Å²) >= 11 is 0. The van der Waals surface area contributed by atoms with Crippen molar-refractivity contribution < 1.29 is 0 Å². The number of hydrogen-bond acceptors (Lipinski definition) is 3. The molecule has 0 saturated carbocycles. The second kappa shape index (κ2) is 3.89. The van der Waals surface area contributed by atoms with Crippen molar-refractivity contribution in [2.24, 2.45) is 7.05 Å². The number of para-hydroxylation sites is 1. The zero-order valence-corrected chi connectivity index (χ0v) is 9.78. The van der Waals surface area contributed by atoms with E-state index in [-0.39, 0.29) is 0 Å². The first-order valence-electron chi connectivity index (χ1n) is 5.20. The van der Waals surface area contributed by atoms with Crippen LogP contribution >= 0.6 is 0 Å². The molecule has 1 heterocycles. The largest absolute Gasteiger partial charge is 0.397 e. The van der Waals surface area contributed by atoms with Crippen LogP contribution < -0.4 is 11.1 Å². The van der Waals surface area contributed by atoms with E-state index in [4.69, 9.17) is 5.73 Å². The molecule has 16 heavy (non-hydrogen) atoms. The summed E-state index contributed by atoms with van der Waals surface area (Å²) in [5.41, 5.74) is 10.7. The molecule has 0 spiro atoms. The lowest BCUT2D eigenvalue weighted by atomic mass is 10.1. The monoisotopic (exact) mass is 216 g/mol. The minimum atomic E-state index is 0.753. The Morgan fingerprint density at radius 3 is 2.62 bits per heavy atom. The third-order valence-electron chi connectivity index (χ3n) is 2.58. The van der Waals surface area contributed by atoms with Gasteiger partial charge in [-0.15, -0.1) is 0 Å². The van der Waals surface area contributed by atoms with E-state index in [1.165, 1.54) is 0 Å². The second-order valence-corrected chi connectivity index (χ2v) is 3.97. The zero-order valence-electron chi connectivity index (χ0n) is 9.78. The maximum absolute atomic E-state index is 5.94. The molecule has 4 nitrogen and oxygen atoms in total. The highest BCUT2D eigenvalue weighted by molar-refractivity contribution is 5.76. The Morgan fingerprint density at radius 1 is 1.31 bits per heavy atom. The molecule has 0 saturated heterocycles. The van der Waals surface area contributed by atoms with Gasteiger partial charge in [0, 0.05) is 13.2 Å². The van der Waals surface area contributed by atoms with E-state index in [9.17, 15) is 0 Å². The molecule has 0 aliphatic rings. The van der Waals surface area contributed by atoms with Crippen molar-refractivity contribution in [2.45, 2.75) is 13.8 Å². The summed E-state index contributed by atoms with van der Waals surface area (Å²) in [4.78, 5) is 0. The van der Waals surface area contributed by atoms with Crippen molar-refractivity contribution in [3.8, 4) is 0 Å². The van der Waals surface area contributed by atoms with Crippen LogP contribution in [0.25, 0.3) is 0 Å². The van der Waals surface area contributed by atoms with Crippen molar-refractivity contribution in [1.29, 1.82) is 0 Å². The summed E-state index contributed by atoms with van der Waals surface area (Å²) in [6.45, 7) is 4.00. The van der Waals surface area contributed by atoms with Gasteiger partial charge in [0.1, 0.15) is 0 Å². The summed E-state index contributed by atoms with van der Waals surface area (Å²) in [5, 5.41) is 7.60. The standard InChI is InChI=1S/C12H16N4/c1-8-5-4-6-10(13)12(8)14-11-7-16(3)15-9(11)2/h4-7,14H,13H2,1-3H3. The van der Waals surface area contributed by atoms with Crippen molar-refractivity contribution in [2.75, 3.05) is 11.1 Å². The Hall–Kier alpha value is -1.97. The average molecular weight is 216 g/mol. The van der Waals surface area contributed by atoms with E-state index < -0.39 is 0 Å². The Balaban J connectivity index is 2.37. The van der Waals surface area contributed by atoms with Crippen molar-refractivity contribution in [1.82, 2.24) is 9.78 Å². The van der Waals surface area contributed by atoms with Gasteiger partial charge in [-0.3, -0.25) is 4.68 Å². The van der Waals surface area contributed by atoms with Crippen LogP contribution in [0.5, 0.6) is 0 Å². The first kappa shape index (κ1) is 10.5. The first-order chi connectivity index (χ1) is 7.58. The summed E-state index contributed by atoms with van der Waals surface area (Å²) in [6.07, 6.45) is 1.95. The summed E-state index contributed by atoms with van der Waals surface area (Å²) in [7, 11) is 1.90. The topological polar surface area (TPSA) is 55.9 Å². The molecule has 1 aromatic carbocycles. The minimum Gasteiger partial charge on any atom is -0.397 e. The maximum atomic E-state index is 5.94. The number of benzene rings is 1. The lowest BCUT2D eigenvalue weighted by Gasteiger charge is -2.11. The van der Waals surface area contributed by atoms with Crippen LogP contribution in [-0.4, -0.2) is 9.78 Å². The van der Waals surface area contributed by atoms with Crippen LogP contribution in [0.1, 0.15) is 11.3 Å². The predicted octanol–water partition coefficient (Wildman–Crippen LogP) is 2.36. The number of nitrogens with two attached hydrogens (primary N) is 1. The highest BCUT2D eigenvalue weighted by Gasteiger charge is 2.07. The number of nitrogen functional groups attached to an aromatic ring is 1. The van der Waals surface area contributed by atoms with E-state index in [1.807, 2.05) is 45.3 Å². The van der Waals surface area contributed by atoms with Gasteiger partial charge < -0.3 is 11.1 Å². The van der Waals surface area contributed by atoms with Crippen molar-refractivity contribution >= 4 is 17.1 Å². The number of anilines is 3. The molecule has 0 aliphatic heterocycles. The molecule has 0 fully saturated rings. The molecule has 2 rings (SSSR count). The zero-order chi connectivity index (χ0) is 11.7. The van der Waals surface area contributed by atoms with Crippen LogP contribution in [0.2, 0.25) is 0 Å². The molecule has 84 valence electrons. The van der Waals surface area contributed by atoms with Crippen molar-refractivity contribution in [3.63, 3.8) is 0 Å². The molecule has 0 aliphatic carbocycles. The number of hydrogen-bond donors (Lipinski definition) is 2. The Bertz CT molecular complexity index is 493. The van der Waals surface area contributed by atoms with Gasteiger partial charge in [-0.2, -0.15) is 5.10 Å². The molecule has 0 radical (unpaired) electrons. The van der Waals surface area contributed by atoms with Gasteiger partial charge in [-0.05, 0) is 25.5 Å². The highest BCUT2D eigenvalue weighted by Crippen LogP contribution is 2.27. The van der Waals surface area contributed by atoms with Gasteiger partial charge in [-0.1, -0.05) is 12.1 Å². The fourth-order valence-electron chi connectivity index (χ4n) is 1.72. The fourth-order valence-corrected chi connectivity index (χ4v) is 1.72. The van der Waals surface area contributed by atoms with Gasteiger partial charge in [0.15, 0.2) is 0 Å². The molecule has 0 amide bonds. The third kappa shape index (κ3) is 1.86. The SMILES string of the molecule is Cc1cccc(N)c1Nc1cn(C)nc1C. The number of rotatable bonds is 2. The normalized spacial score (nSPS) is 10.4. The molecule has 3 N–H and O–H groups in total. The lowest BCUT2D eigenvalue weighted by Crippen LogP contribution is -1.98. The molecule has 0 unspecified atom stereocenters. The van der Waals surface area contributed by atoms with Crippen molar-refractivity contribution in [3.05, 3.63) is 35.7 Å². The predicted molar refractivity (Wildman–Crippen MR) is 66.8 cm³/mol. The van der Waals surface area contributed by atoms with Gasteiger partial charge in [0.25, 0.3) is 0 Å². The Labute approximate surface area is 95.1 Å². The number of aryl methyl sites for hydroxylation is 3. The smallest absolute Gasteiger partial charge is 0.0828 e. The molecule has 2 aromatic rings. The van der Waals surface area contributed by atoms with Gasteiger partial charge in [-0.25, -0.2) is 0 Å². The number of aromatic nitrogens is 2. The van der Waals surface area contributed by atoms with Gasteiger partial charge in [0.05, 0.1) is 22.8 Å². The van der Waals surface area contributed by atoms with Crippen LogP contribution in [-0.2, 0) is 7.05 Å². The van der Waals surface area contributed by atoms with Crippen LogP contribution in [0.4, 0.5) is 17.1 Å². The summed E-state index contributed by atoms with van der Waals surface area (Å²) in [5.74, 6) is 0. The molecule has 0 bridgehead atoms. The lowest BCUT2D eigenvalue weighted by molar-refractivity contribution is 0.756. The maximum Gasteiger partial charge on any atom is 0.0828 e. The fraction of sp³-hybridized carbons (Fsp3) is 0.250. The number of nitrogens with one attached hydrogen (secondary N) is 1. The molecular weight excluding hydrogens is 200 g/mol.